The van der Waals surface area contributed by atoms with Gasteiger partial charge in [-0.05, 0) is 42.5 Å². The zero-order chi connectivity index (χ0) is 20.4. The number of aromatic nitrogens is 1. The van der Waals surface area contributed by atoms with E-state index in [1.807, 2.05) is 53.6 Å². The summed E-state index contributed by atoms with van der Waals surface area (Å²) in [6.07, 6.45) is 2.03. The average Bonchev–Trinajstić information content (AvgIpc) is 3.21. The lowest BCUT2D eigenvalue weighted by molar-refractivity contribution is 0.180. The number of benzene rings is 2. The molecule has 0 aliphatic carbocycles. The highest BCUT2D eigenvalue weighted by Crippen LogP contribution is 2.39. The van der Waals surface area contributed by atoms with Gasteiger partial charge in [-0.3, -0.25) is 0 Å². The van der Waals surface area contributed by atoms with Crippen molar-refractivity contribution in [3.63, 3.8) is 0 Å². The lowest BCUT2D eigenvalue weighted by atomic mass is 9.99. The molecule has 0 spiro atoms. The van der Waals surface area contributed by atoms with Gasteiger partial charge in [-0.15, -0.1) is 0 Å². The minimum Gasteiger partial charge on any atom is -0.497 e. The number of methoxy groups -OCH3 is 2. The Hall–Kier alpha value is -3.12. The Morgan fingerprint density at radius 2 is 1.93 bits per heavy atom. The first kappa shape index (κ1) is 19.2. The molecule has 0 bridgehead atoms. The highest BCUT2D eigenvalue weighted by atomic mass is 35.5. The van der Waals surface area contributed by atoms with Crippen LogP contribution in [0.5, 0.6) is 11.5 Å². The van der Waals surface area contributed by atoms with Crippen molar-refractivity contribution in [1.82, 2.24) is 9.47 Å². The fourth-order valence-corrected chi connectivity index (χ4v) is 3.93. The largest absolute Gasteiger partial charge is 0.497 e. The van der Waals surface area contributed by atoms with Crippen molar-refractivity contribution in [3.8, 4) is 11.5 Å². The van der Waals surface area contributed by atoms with Crippen LogP contribution < -0.4 is 14.8 Å². The smallest absolute Gasteiger partial charge is 0.322 e. The summed E-state index contributed by atoms with van der Waals surface area (Å²) in [6, 6.07) is 16.3. The third-order valence-electron chi connectivity index (χ3n) is 5.11. The third kappa shape index (κ3) is 3.76. The van der Waals surface area contributed by atoms with E-state index in [0.717, 1.165) is 17.8 Å². The summed E-state index contributed by atoms with van der Waals surface area (Å²) in [7, 11) is 3.24. The first-order valence-electron chi connectivity index (χ1n) is 9.31. The van der Waals surface area contributed by atoms with Crippen molar-refractivity contribution in [3.05, 3.63) is 77.1 Å². The van der Waals surface area contributed by atoms with Crippen molar-refractivity contribution < 1.29 is 14.3 Å². The molecule has 0 fully saturated rings. The van der Waals surface area contributed by atoms with E-state index in [9.17, 15) is 4.79 Å². The van der Waals surface area contributed by atoms with Crippen LogP contribution in [0.2, 0.25) is 5.02 Å². The molecule has 7 heteroatoms. The van der Waals surface area contributed by atoms with Crippen molar-refractivity contribution >= 4 is 23.3 Å². The summed E-state index contributed by atoms with van der Waals surface area (Å²) >= 11 is 6.06. The molecule has 0 radical (unpaired) electrons. The molecular weight excluding hydrogens is 390 g/mol. The molecule has 0 saturated heterocycles. The van der Waals surface area contributed by atoms with Crippen molar-refractivity contribution in [2.24, 2.45) is 0 Å². The number of ether oxygens (including phenoxy) is 2. The van der Waals surface area contributed by atoms with Gasteiger partial charge in [0.2, 0.25) is 0 Å². The number of rotatable bonds is 4. The summed E-state index contributed by atoms with van der Waals surface area (Å²) in [5.74, 6) is 1.37. The maximum Gasteiger partial charge on any atom is 0.322 e. The maximum absolute atomic E-state index is 13.2. The molecular formula is C22H22ClN3O3. The van der Waals surface area contributed by atoms with E-state index < -0.39 is 0 Å². The van der Waals surface area contributed by atoms with Gasteiger partial charge in [-0.25, -0.2) is 4.79 Å². The summed E-state index contributed by atoms with van der Waals surface area (Å²) in [6.45, 7) is 1.29. The third-order valence-corrected chi connectivity index (χ3v) is 5.35. The molecule has 0 unspecified atom stereocenters. The number of urea groups is 1. The number of carbonyl (C=O) groups excluding carboxylic acids is 1. The monoisotopic (exact) mass is 411 g/mol. The van der Waals surface area contributed by atoms with Crippen LogP contribution in [-0.4, -0.2) is 36.3 Å². The molecule has 3 aromatic rings. The Kier molecular flexibility index (Phi) is 5.36. The number of halogens is 1. The lowest BCUT2D eigenvalue weighted by Crippen LogP contribution is -2.44. The minimum absolute atomic E-state index is 0.192. The van der Waals surface area contributed by atoms with Crippen LogP contribution in [0, 0.1) is 0 Å². The van der Waals surface area contributed by atoms with Gasteiger partial charge in [-0.2, -0.15) is 0 Å². The molecule has 1 atom stereocenters. The zero-order valence-electron chi connectivity index (χ0n) is 16.3. The lowest BCUT2D eigenvalue weighted by Gasteiger charge is -2.37. The van der Waals surface area contributed by atoms with Crippen LogP contribution in [0.3, 0.4) is 0 Å². The van der Waals surface area contributed by atoms with Crippen LogP contribution in [0.25, 0.3) is 0 Å². The Balaban J connectivity index is 1.73. The molecule has 150 valence electrons. The Morgan fingerprint density at radius 3 is 2.69 bits per heavy atom. The van der Waals surface area contributed by atoms with Crippen molar-refractivity contribution in [1.29, 1.82) is 0 Å². The van der Waals surface area contributed by atoms with Gasteiger partial charge in [0, 0.05) is 47.3 Å². The van der Waals surface area contributed by atoms with Crippen LogP contribution >= 0.6 is 11.6 Å². The number of fused-ring (bicyclic) bond motifs is 1. The molecule has 1 aliphatic heterocycles. The predicted molar refractivity (Wildman–Crippen MR) is 113 cm³/mol. The van der Waals surface area contributed by atoms with E-state index in [1.165, 1.54) is 0 Å². The fraction of sp³-hybridized carbons (Fsp3) is 0.227. The van der Waals surface area contributed by atoms with Gasteiger partial charge >= 0.3 is 6.03 Å². The number of amides is 2. The molecule has 4 rings (SSSR count). The Labute approximate surface area is 174 Å². The summed E-state index contributed by atoms with van der Waals surface area (Å²) in [5, 5.41) is 3.54. The highest BCUT2D eigenvalue weighted by Gasteiger charge is 2.34. The van der Waals surface area contributed by atoms with E-state index in [1.54, 1.807) is 26.4 Å². The number of nitrogens with zero attached hydrogens (tertiary/aromatic N) is 2. The first-order chi connectivity index (χ1) is 14.1. The summed E-state index contributed by atoms with van der Waals surface area (Å²) < 4.78 is 13.1. The maximum atomic E-state index is 13.2. The van der Waals surface area contributed by atoms with E-state index >= 15 is 0 Å². The zero-order valence-corrected chi connectivity index (χ0v) is 17.0. The van der Waals surface area contributed by atoms with E-state index in [0.29, 0.717) is 28.8 Å². The topological polar surface area (TPSA) is 55.7 Å². The molecule has 1 aromatic heterocycles. The number of anilines is 1. The van der Waals surface area contributed by atoms with Gasteiger partial charge in [-0.1, -0.05) is 17.7 Å². The summed E-state index contributed by atoms with van der Waals surface area (Å²) in [4.78, 5) is 15.0. The molecule has 0 saturated carbocycles. The Bertz CT molecular complexity index is 1030. The van der Waals surface area contributed by atoms with E-state index in [4.69, 9.17) is 21.1 Å². The molecule has 29 heavy (non-hydrogen) atoms. The van der Waals surface area contributed by atoms with Gasteiger partial charge < -0.3 is 24.3 Å². The van der Waals surface area contributed by atoms with Crippen LogP contribution in [0.4, 0.5) is 10.5 Å². The highest BCUT2D eigenvalue weighted by molar-refractivity contribution is 6.30. The van der Waals surface area contributed by atoms with Crippen molar-refractivity contribution in [2.45, 2.75) is 12.6 Å². The number of hydrogen-bond acceptors (Lipinski definition) is 3. The second kappa shape index (κ2) is 8.09. The van der Waals surface area contributed by atoms with Crippen LogP contribution in [0.15, 0.2) is 60.8 Å². The molecule has 1 N–H and O–H groups in total. The quantitative estimate of drug-likeness (QED) is 0.671. The van der Waals surface area contributed by atoms with Crippen LogP contribution in [-0.2, 0) is 6.54 Å². The standard InChI is InChI=1S/C22H22ClN3O3/c1-28-17-8-9-18(20(14-17)29-2)21-19-7-4-10-25(19)11-12-26(21)22(27)24-16-6-3-5-15(23)13-16/h3-10,13-14,21H,11-12H2,1-2H3,(H,24,27)/t21-/m0/s1. The number of hydrogen-bond donors (Lipinski definition) is 1. The second-order valence-corrected chi connectivity index (χ2v) is 7.21. The minimum atomic E-state index is -0.293. The van der Waals surface area contributed by atoms with Gasteiger partial charge in [0.15, 0.2) is 0 Å². The van der Waals surface area contributed by atoms with Gasteiger partial charge in [0.25, 0.3) is 0 Å². The Morgan fingerprint density at radius 1 is 1.07 bits per heavy atom. The first-order valence-corrected chi connectivity index (χ1v) is 9.68. The average molecular weight is 412 g/mol. The number of nitrogens with one attached hydrogen (secondary N) is 1. The van der Waals surface area contributed by atoms with Crippen molar-refractivity contribution in [2.75, 3.05) is 26.1 Å². The molecule has 1 aliphatic rings. The van der Waals surface area contributed by atoms with Crippen LogP contribution in [0.1, 0.15) is 17.3 Å². The van der Waals surface area contributed by atoms with E-state index in [-0.39, 0.29) is 12.1 Å². The van der Waals surface area contributed by atoms with Gasteiger partial charge in [0.05, 0.1) is 14.2 Å². The molecule has 2 heterocycles. The van der Waals surface area contributed by atoms with E-state index in [2.05, 4.69) is 9.88 Å². The molecule has 2 aromatic carbocycles. The number of carbonyl (C=O) groups is 1. The molecule has 6 nitrogen and oxygen atoms in total. The molecule has 2 amide bonds. The van der Waals surface area contributed by atoms with Gasteiger partial charge in [0.1, 0.15) is 17.5 Å². The normalized spacial score (nSPS) is 15.6. The predicted octanol–water partition coefficient (Wildman–Crippen LogP) is 4.80. The summed E-state index contributed by atoms with van der Waals surface area (Å²) in [5.41, 5.74) is 2.58. The second-order valence-electron chi connectivity index (χ2n) is 6.77. The fourth-order valence-electron chi connectivity index (χ4n) is 3.74. The SMILES string of the molecule is COc1ccc([C@H]2c3cccn3CCN2C(=O)Nc2cccc(Cl)c2)c(OC)c1.